The lowest BCUT2D eigenvalue weighted by molar-refractivity contribution is -0.195. The lowest BCUT2D eigenvalue weighted by atomic mass is 9.91. The number of halogens is 3. The Bertz CT molecular complexity index is 389. The van der Waals surface area contributed by atoms with Crippen LogP contribution >= 0.6 is 0 Å². The maximum absolute atomic E-state index is 13.3. The molecule has 0 aromatic heterocycles. The Balaban J connectivity index is 3.04. The molecule has 1 N–H and O–H groups in total. The van der Waals surface area contributed by atoms with Gasteiger partial charge in [-0.05, 0) is 44.5 Å². The maximum Gasteiger partial charge on any atom is 0.410 e. The summed E-state index contributed by atoms with van der Waals surface area (Å²) in [7, 11) is 0. The van der Waals surface area contributed by atoms with Crippen molar-refractivity contribution in [3.63, 3.8) is 0 Å². The van der Waals surface area contributed by atoms with Crippen LogP contribution < -0.4 is 10.1 Å². The molecule has 0 spiro atoms. The van der Waals surface area contributed by atoms with Gasteiger partial charge in [-0.3, -0.25) is 0 Å². The molecule has 108 valence electrons. The summed E-state index contributed by atoms with van der Waals surface area (Å²) in [5.41, 5.74) is -1.84. The molecule has 1 atom stereocenters. The lowest BCUT2D eigenvalue weighted by Crippen LogP contribution is -2.51. The number of rotatable bonds is 6. The van der Waals surface area contributed by atoms with Crippen molar-refractivity contribution in [1.82, 2.24) is 5.32 Å². The highest BCUT2D eigenvalue weighted by molar-refractivity contribution is 5.32. The Morgan fingerprint density at radius 1 is 1.11 bits per heavy atom. The van der Waals surface area contributed by atoms with Crippen LogP contribution in [-0.4, -0.2) is 19.3 Å². The second kappa shape index (κ2) is 6.28. The average Bonchev–Trinajstić information content (AvgIpc) is 2.36. The van der Waals surface area contributed by atoms with E-state index in [1.54, 1.807) is 12.1 Å². The summed E-state index contributed by atoms with van der Waals surface area (Å²) >= 11 is 0. The molecular weight excluding hydrogens is 255 g/mol. The molecule has 0 bridgehead atoms. The molecule has 2 nitrogen and oxygen atoms in total. The molecule has 0 saturated carbocycles. The minimum absolute atomic E-state index is 0.192. The smallest absolute Gasteiger partial charge is 0.410 e. The number of hydrogen-bond donors (Lipinski definition) is 1. The first kappa shape index (κ1) is 15.8. The molecule has 0 aliphatic carbocycles. The predicted molar refractivity (Wildman–Crippen MR) is 69.3 cm³/mol. The molecule has 0 heterocycles. The fourth-order valence-corrected chi connectivity index (χ4v) is 1.79. The normalized spacial score (nSPS) is 15.1. The molecule has 0 amide bonds. The number of benzene rings is 1. The fraction of sp³-hybridized carbons (Fsp3) is 0.571. The fourth-order valence-electron chi connectivity index (χ4n) is 1.79. The molecular formula is C14H20F3NO. The van der Waals surface area contributed by atoms with E-state index in [0.717, 1.165) is 0 Å². The van der Waals surface area contributed by atoms with Crippen molar-refractivity contribution < 1.29 is 17.9 Å². The van der Waals surface area contributed by atoms with Crippen LogP contribution in [0.4, 0.5) is 13.2 Å². The van der Waals surface area contributed by atoms with Gasteiger partial charge in [0.15, 0.2) is 0 Å². The van der Waals surface area contributed by atoms with Gasteiger partial charge >= 0.3 is 6.18 Å². The van der Waals surface area contributed by atoms with E-state index in [4.69, 9.17) is 4.74 Å². The monoisotopic (exact) mass is 275 g/mol. The molecule has 1 aromatic rings. The van der Waals surface area contributed by atoms with E-state index in [1.807, 2.05) is 13.8 Å². The van der Waals surface area contributed by atoms with Crippen molar-refractivity contribution in [2.75, 3.05) is 13.2 Å². The van der Waals surface area contributed by atoms with Gasteiger partial charge < -0.3 is 10.1 Å². The van der Waals surface area contributed by atoms with Crippen LogP contribution in [0.15, 0.2) is 24.3 Å². The van der Waals surface area contributed by atoms with E-state index < -0.39 is 11.7 Å². The van der Waals surface area contributed by atoms with Gasteiger partial charge in [-0.1, -0.05) is 19.1 Å². The summed E-state index contributed by atoms with van der Waals surface area (Å²) in [5.74, 6) is 0.575. The number of nitrogens with one attached hydrogen (secondary N) is 1. The second-order valence-electron chi connectivity index (χ2n) is 4.51. The summed E-state index contributed by atoms with van der Waals surface area (Å²) in [6, 6.07) is 6.05. The Labute approximate surface area is 112 Å². The van der Waals surface area contributed by atoms with E-state index >= 15 is 0 Å². The number of ether oxygens (including phenoxy) is 1. The van der Waals surface area contributed by atoms with Crippen molar-refractivity contribution in [1.29, 1.82) is 0 Å². The van der Waals surface area contributed by atoms with Gasteiger partial charge in [-0.15, -0.1) is 0 Å². The Hall–Kier alpha value is -1.23. The molecule has 0 saturated heterocycles. The van der Waals surface area contributed by atoms with E-state index in [2.05, 4.69) is 5.32 Å². The minimum Gasteiger partial charge on any atom is -0.494 e. The first-order valence-corrected chi connectivity index (χ1v) is 6.40. The summed E-state index contributed by atoms with van der Waals surface area (Å²) in [4.78, 5) is 0. The highest BCUT2D eigenvalue weighted by Crippen LogP contribution is 2.39. The summed E-state index contributed by atoms with van der Waals surface area (Å²) < 4.78 is 45.0. The van der Waals surface area contributed by atoms with Gasteiger partial charge in [-0.2, -0.15) is 13.2 Å². The van der Waals surface area contributed by atoms with Crippen LogP contribution in [-0.2, 0) is 5.54 Å². The molecule has 0 fully saturated rings. The summed E-state index contributed by atoms with van der Waals surface area (Å²) in [5, 5.41) is 2.59. The van der Waals surface area contributed by atoms with E-state index in [0.29, 0.717) is 25.3 Å². The summed E-state index contributed by atoms with van der Waals surface area (Å²) in [6.07, 6.45) is -3.71. The number of hydrogen-bond acceptors (Lipinski definition) is 2. The lowest BCUT2D eigenvalue weighted by Gasteiger charge is -2.33. The highest BCUT2D eigenvalue weighted by Gasteiger charge is 2.51. The van der Waals surface area contributed by atoms with E-state index in [9.17, 15) is 13.2 Å². The van der Waals surface area contributed by atoms with E-state index in [-0.39, 0.29) is 5.56 Å². The van der Waals surface area contributed by atoms with Crippen molar-refractivity contribution in [2.45, 2.75) is 38.9 Å². The third kappa shape index (κ3) is 3.62. The zero-order valence-corrected chi connectivity index (χ0v) is 11.5. The Kier molecular flexibility index (Phi) is 5.23. The minimum atomic E-state index is -4.35. The average molecular weight is 275 g/mol. The maximum atomic E-state index is 13.3. The van der Waals surface area contributed by atoms with Crippen LogP contribution in [0.25, 0.3) is 0 Å². The quantitative estimate of drug-likeness (QED) is 0.851. The van der Waals surface area contributed by atoms with Crippen LogP contribution in [0.2, 0.25) is 0 Å². The molecule has 19 heavy (non-hydrogen) atoms. The molecule has 5 heteroatoms. The standard InChI is InChI=1S/C14H20F3NO/c1-4-10-18-13(3,14(15,16)17)11-6-8-12(9-7-11)19-5-2/h6-9,18H,4-5,10H2,1-3H3. The van der Waals surface area contributed by atoms with Gasteiger partial charge in [0.25, 0.3) is 0 Å². The predicted octanol–water partition coefficient (Wildman–Crippen LogP) is 3.86. The molecule has 1 unspecified atom stereocenters. The zero-order chi connectivity index (χ0) is 14.5. The molecule has 1 aromatic carbocycles. The Morgan fingerprint density at radius 2 is 1.68 bits per heavy atom. The zero-order valence-electron chi connectivity index (χ0n) is 11.5. The van der Waals surface area contributed by atoms with Gasteiger partial charge in [0, 0.05) is 0 Å². The molecule has 0 radical (unpaired) electrons. The van der Waals surface area contributed by atoms with E-state index in [1.165, 1.54) is 19.1 Å². The van der Waals surface area contributed by atoms with Crippen molar-refractivity contribution in [3.8, 4) is 5.75 Å². The van der Waals surface area contributed by atoms with Crippen molar-refractivity contribution in [3.05, 3.63) is 29.8 Å². The van der Waals surface area contributed by atoms with Crippen molar-refractivity contribution >= 4 is 0 Å². The second-order valence-corrected chi connectivity index (χ2v) is 4.51. The third-order valence-electron chi connectivity index (χ3n) is 3.04. The highest BCUT2D eigenvalue weighted by atomic mass is 19.4. The molecule has 1 rings (SSSR count). The van der Waals surface area contributed by atoms with Crippen LogP contribution in [0.1, 0.15) is 32.8 Å². The van der Waals surface area contributed by atoms with Gasteiger partial charge in [-0.25, -0.2) is 0 Å². The van der Waals surface area contributed by atoms with Crippen molar-refractivity contribution in [2.24, 2.45) is 0 Å². The first-order chi connectivity index (χ1) is 8.85. The number of alkyl halides is 3. The largest absolute Gasteiger partial charge is 0.494 e. The van der Waals surface area contributed by atoms with Gasteiger partial charge in [0.2, 0.25) is 0 Å². The summed E-state index contributed by atoms with van der Waals surface area (Å²) in [6.45, 7) is 5.63. The van der Waals surface area contributed by atoms with Crippen LogP contribution in [0.3, 0.4) is 0 Å². The molecule has 0 aliphatic heterocycles. The van der Waals surface area contributed by atoms with Gasteiger partial charge in [0.05, 0.1) is 6.61 Å². The Morgan fingerprint density at radius 3 is 2.11 bits per heavy atom. The topological polar surface area (TPSA) is 21.3 Å². The molecule has 0 aliphatic rings. The van der Waals surface area contributed by atoms with Gasteiger partial charge in [0.1, 0.15) is 11.3 Å². The third-order valence-corrected chi connectivity index (χ3v) is 3.04. The first-order valence-electron chi connectivity index (χ1n) is 6.40. The SMILES string of the molecule is CCCNC(C)(c1ccc(OCC)cc1)C(F)(F)F. The van der Waals surface area contributed by atoms with Crippen LogP contribution in [0.5, 0.6) is 5.75 Å². The van der Waals surface area contributed by atoms with Crippen LogP contribution in [0, 0.1) is 0 Å².